The van der Waals surface area contributed by atoms with Crippen LogP contribution in [0, 0.1) is 0 Å². The number of halogens is 1. The Morgan fingerprint density at radius 1 is 0.405 bits per heavy atom. The van der Waals surface area contributed by atoms with Crippen LogP contribution < -0.4 is 32.8 Å². The molecule has 1 aliphatic heterocycles. The summed E-state index contributed by atoms with van der Waals surface area (Å²) in [4.78, 5) is 22.7. The Labute approximate surface area is 470 Å². The fraction of sp³-hybridized carbons (Fsp3) is 0.152. The number of rotatable bonds is 18. The fourth-order valence-electron chi connectivity index (χ4n) is 8.85. The van der Waals surface area contributed by atoms with Gasteiger partial charge in [-0.3, -0.25) is 15.1 Å². The zero-order chi connectivity index (χ0) is 53.7. The van der Waals surface area contributed by atoms with Crippen LogP contribution in [0.25, 0.3) is 44.5 Å². The standard InChI is InChI=1S/C31H26N4O.C28H22N4.C7H16O3.ClH/c1-2-36-31-34(27-17-13-25(14-18-27)23-9-5-3-6-10-23)29-30(33-22-21-32-29)35(31)28-19-15-26(16-20-28)24-11-7-4-8-12-24;1-3-7-21(8-4-1)23-11-15-25(16-12-23)31-27-28(30-20-19-29-27)32-26-17-13-24(14-18-26)22-9-5-2-6-10-22;1-4-8-7(9-5-2)10-6-3;/h3-22,31H,2H2,1H3;1-20H,(H,29,31)(H,30,32);7H,4-6H2,1-3H3;1H. The van der Waals surface area contributed by atoms with Gasteiger partial charge in [0.15, 0.2) is 11.6 Å². The van der Waals surface area contributed by atoms with Crippen LogP contribution >= 0.6 is 0 Å². The van der Waals surface area contributed by atoms with E-state index in [-0.39, 0.29) is 12.4 Å². The monoisotopic (exact) mass is 1070 g/mol. The largest absolute Gasteiger partial charge is 1.00 e. The lowest BCUT2D eigenvalue weighted by atomic mass is 10.1. The number of hydrogen-bond acceptors (Lipinski definition) is 11. The number of ether oxygens (including phenoxy) is 4. The van der Waals surface area contributed by atoms with Crippen LogP contribution in [-0.4, -0.2) is 59.2 Å². The van der Waals surface area contributed by atoms with Crippen molar-refractivity contribution in [2.45, 2.75) is 40.5 Å². The first kappa shape index (κ1) is 56.6. The van der Waals surface area contributed by atoms with E-state index < -0.39 is 12.8 Å². The zero-order valence-corrected chi connectivity index (χ0v) is 45.6. The summed E-state index contributed by atoms with van der Waals surface area (Å²) in [5, 5.41) is 5.45. The van der Waals surface area contributed by atoms with Crippen LogP contribution in [0.3, 0.4) is 0 Å². The minimum absolute atomic E-state index is 0. The molecule has 0 aliphatic carbocycles. The van der Waals surface area contributed by atoms with E-state index in [2.05, 4.69) is 219 Å². The van der Waals surface area contributed by atoms with E-state index in [9.17, 15) is 0 Å². The number of benzene rings is 8. The highest BCUT2D eigenvalue weighted by atomic mass is 35.5. The second-order valence-corrected chi connectivity index (χ2v) is 17.7. The highest BCUT2D eigenvalue weighted by Gasteiger charge is 2.41. The predicted octanol–water partition coefficient (Wildman–Crippen LogP) is 11.9. The van der Waals surface area contributed by atoms with Gasteiger partial charge < -0.3 is 36.7 Å². The van der Waals surface area contributed by atoms with E-state index in [0.29, 0.717) is 26.4 Å². The third kappa shape index (κ3) is 14.9. The molecule has 11 rings (SSSR count). The summed E-state index contributed by atoms with van der Waals surface area (Å²) in [5.74, 6) is 3.07. The molecule has 13 heteroatoms. The van der Waals surface area contributed by atoms with Gasteiger partial charge in [-0.15, -0.1) is 0 Å². The van der Waals surface area contributed by atoms with Crippen molar-refractivity contribution in [1.82, 2.24) is 19.9 Å². The lowest BCUT2D eigenvalue weighted by Crippen LogP contribution is -3.00. The number of quaternary nitrogens is 1. The topological polar surface area (TPSA) is 124 Å². The Morgan fingerprint density at radius 2 is 0.747 bits per heavy atom. The number of anilines is 6. The van der Waals surface area contributed by atoms with Gasteiger partial charge in [-0.05, 0) is 121 Å². The molecule has 400 valence electrons. The summed E-state index contributed by atoms with van der Waals surface area (Å²) in [6.07, 6.45) is 6.48. The van der Waals surface area contributed by atoms with Crippen molar-refractivity contribution in [2.24, 2.45) is 0 Å². The van der Waals surface area contributed by atoms with Crippen molar-refractivity contribution in [3.05, 3.63) is 243 Å². The van der Waals surface area contributed by atoms with E-state index in [4.69, 9.17) is 28.9 Å². The van der Waals surface area contributed by atoms with E-state index in [1.165, 1.54) is 44.5 Å². The molecule has 10 aromatic rings. The summed E-state index contributed by atoms with van der Waals surface area (Å²) in [6.45, 7) is 9.66. The number of hydrogen-bond donors (Lipinski definition) is 2. The predicted molar refractivity (Wildman–Crippen MR) is 314 cm³/mol. The first-order valence-electron chi connectivity index (χ1n) is 26.4. The van der Waals surface area contributed by atoms with Crippen molar-refractivity contribution < 1.29 is 36.7 Å². The molecule has 12 nitrogen and oxygen atoms in total. The normalized spacial score (nSPS) is 11.7. The second-order valence-electron chi connectivity index (χ2n) is 17.7. The average Bonchev–Trinajstić information content (AvgIpc) is 4.00. The van der Waals surface area contributed by atoms with Crippen LogP contribution in [0.4, 0.5) is 46.0 Å². The lowest BCUT2D eigenvalue weighted by molar-refractivity contribution is -0.482. The molecule has 0 amide bonds. The Bertz CT molecular complexity index is 3120. The van der Waals surface area contributed by atoms with Gasteiger partial charge in [-0.2, -0.15) is 4.98 Å². The fourth-order valence-corrected chi connectivity index (χ4v) is 8.85. The van der Waals surface area contributed by atoms with E-state index in [1.807, 2.05) is 57.3 Å². The van der Waals surface area contributed by atoms with Crippen molar-refractivity contribution in [2.75, 3.05) is 41.5 Å². The minimum atomic E-state index is -0.472. The van der Waals surface area contributed by atoms with E-state index >= 15 is 0 Å². The molecular weight excluding hydrogens is 1000 g/mol. The summed E-state index contributed by atoms with van der Waals surface area (Å²) in [7, 11) is 0. The summed E-state index contributed by atoms with van der Waals surface area (Å²) >= 11 is 0. The van der Waals surface area contributed by atoms with Crippen molar-refractivity contribution >= 4 is 46.0 Å². The highest BCUT2D eigenvalue weighted by Crippen LogP contribution is 2.46. The van der Waals surface area contributed by atoms with Gasteiger partial charge in [0.1, 0.15) is 5.69 Å². The van der Waals surface area contributed by atoms with Crippen LogP contribution in [0.2, 0.25) is 0 Å². The van der Waals surface area contributed by atoms with Crippen molar-refractivity contribution in [3.8, 4) is 44.5 Å². The molecule has 79 heavy (non-hydrogen) atoms. The third-order valence-electron chi connectivity index (χ3n) is 12.6. The molecule has 3 N–H and O–H groups in total. The molecule has 0 saturated carbocycles. The van der Waals surface area contributed by atoms with Crippen LogP contribution in [0.1, 0.15) is 27.7 Å². The SMILES string of the molecule is CCOC(OCC)OCC.CCOC1N(c2ccc(-c3ccccc3)cc2)c2nccnc2N1c1ccc(-c2ccccc2)cc1.[Cl-].c1ccc(-c2ccc(Nc3nccnc3[NH2+]c3ccc(-c4ccccc4)cc3)cc2)cc1. The summed E-state index contributed by atoms with van der Waals surface area (Å²) in [6, 6.07) is 75.4. The quantitative estimate of drug-likeness (QED) is 0.0631. The van der Waals surface area contributed by atoms with Gasteiger partial charge in [-0.25, -0.2) is 15.0 Å². The molecule has 0 spiro atoms. The Morgan fingerprint density at radius 3 is 1.13 bits per heavy atom. The minimum Gasteiger partial charge on any atom is -1.00 e. The molecule has 3 heterocycles. The molecule has 2 aromatic heterocycles. The van der Waals surface area contributed by atoms with Gasteiger partial charge in [0.25, 0.3) is 12.3 Å². The van der Waals surface area contributed by atoms with E-state index in [1.54, 1.807) is 24.8 Å². The summed E-state index contributed by atoms with van der Waals surface area (Å²) < 4.78 is 21.6. The maximum Gasteiger partial charge on any atom is 0.273 e. The Balaban J connectivity index is 0.000000177. The first-order chi connectivity index (χ1) is 38.5. The molecule has 0 saturated heterocycles. The van der Waals surface area contributed by atoms with Crippen LogP contribution in [0.5, 0.6) is 0 Å². The molecule has 8 aromatic carbocycles. The number of aromatic nitrogens is 4. The molecule has 1 aliphatic rings. The number of nitrogens with two attached hydrogens (primary N) is 1. The Kier molecular flexibility index (Phi) is 20.9. The average molecular weight is 1070 g/mol. The summed E-state index contributed by atoms with van der Waals surface area (Å²) in [5.41, 5.74) is 13.5. The molecule has 0 unspecified atom stereocenters. The van der Waals surface area contributed by atoms with Gasteiger partial charge in [0, 0.05) is 74.2 Å². The molecule has 0 atom stereocenters. The van der Waals surface area contributed by atoms with Gasteiger partial charge in [0.2, 0.25) is 12.2 Å². The maximum absolute atomic E-state index is 6.32. The third-order valence-corrected chi connectivity index (χ3v) is 12.6. The zero-order valence-electron chi connectivity index (χ0n) is 44.8. The van der Waals surface area contributed by atoms with Crippen LogP contribution in [-0.2, 0) is 18.9 Å². The molecule has 0 bridgehead atoms. The lowest BCUT2D eigenvalue weighted by Gasteiger charge is -2.31. The van der Waals surface area contributed by atoms with Crippen molar-refractivity contribution in [3.63, 3.8) is 0 Å². The first-order valence-corrected chi connectivity index (χ1v) is 26.4. The highest BCUT2D eigenvalue weighted by molar-refractivity contribution is 5.84. The van der Waals surface area contributed by atoms with Crippen molar-refractivity contribution in [1.29, 1.82) is 0 Å². The number of nitrogens with one attached hydrogen (secondary N) is 1. The van der Waals surface area contributed by atoms with Gasteiger partial charge in [0.05, 0.1) is 6.20 Å². The number of fused-ring (bicyclic) bond motifs is 1. The smallest absolute Gasteiger partial charge is 0.273 e. The molecular formula is C66H65ClN8O4. The van der Waals surface area contributed by atoms with E-state index in [0.717, 1.165) is 46.0 Å². The van der Waals surface area contributed by atoms with Gasteiger partial charge in [-0.1, -0.05) is 158 Å². The van der Waals surface area contributed by atoms with Gasteiger partial charge >= 0.3 is 0 Å². The molecule has 0 radical (unpaired) electrons. The Hall–Kier alpha value is -8.59. The van der Waals surface area contributed by atoms with Crippen LogP contribution in [0.15, 0.2) is 243 Å². The molecule has 0 fully saturated rings. The second kappa shape index (κ2) is 29.2. The number of nitrogens with zero attached hydrogens (tertiary/aromatic N) is 6. The maximum atomic E-state index is 6.32.